The first kappa shape index (κ1) is 19.9. The van der Waals surface area contributed by atoms with Crippen LogP contribution in [0.2, 0.25) is 0 Å². The van der Waals surface area contributed by atoms with Crippen molar-refractivity contribution in [3.63, 3.8) is 0 Å². The summed E-state index contributed by atoms with van der Waals surface area (Å²) >= 11 is 0. The monoisotopic (exact) mass is 363 g/mol. The second-order valence-electron chi connectivity index (χ2n) is 7.31. The first-order chi connectivity index (χ1) is 12.2. The van der Waals surface area contributed by atoms with E-state index in [1.807, 2.05) is 0 Å². The molecule has 1 aromatic rings. The van der Waals surface area contributed by atoms with Gasteiger partial charge in [0.2, 0.25) is 5.91 Å². The number of hydrogen-bond acceptors (Lipinski definition) is 3. The number of nitrogens with zero attached hydrogens (tertiary/aromatic N) is 1. The van der Waals surface area contributed by atoms with Gasteiger partial charge >= 0.3 is 6.03 Å². The van der Waals surface area contributed by atoms with Crippen LogP contribution >= 0.6 is 0 Å². The van der Waals surface area contributed by atoms with Gasteiger partial charge in [-0.25, -0.2) is 9.18 Å². The second kappa shape index (κ2) is 8.29. The van der Waals surface area contributed by atoms with Crippen LogP contribution in [-0.2, 0) is 16.0 Å². The fourth-order valence-corrected chi connectivity index (χ4v) is 2.83. The second-order valence-corrected chi connectivity index (χ2v) is 7.31. The van der Waals surface area contributed by atoms with Crippen molar-refractivity contribution in [1.82, 2.24) is 15.5 Å². The van der Waals surface area contributed by atoms with E-state index in [1.54, 1.807) is 19.1 Å². The Kier molecular flexibility index (Phi) is 6.34. The Labute approximate surface area is 153 Å². The minimum atomic E-state index is -0.949. The van der Waals surface area contributed by atoms with E-state index in [0.717, 1.165) is 16.9 Å². The van der Waals surface area contributed by atoms with Gasteiger partial charge < -0.3 is 10.6 Å². The molecule has 26 heavy (non-hydrogen) atoms. The smallest absolute Gasteiger partial charge is 0.325 e. The molecule has 6 nitrogen and oxygen atoms in total. The number of halogens is 1. The molecule has 2 rings (SSSR count). The van der Waals surface area contributed by atoms with E-state index in [2.05, 4.69) is 24.5 Å². The number of carbonyl (C=O) groups excluding carboxylic acids is 3. The lowest BCUT2D eigenvalue weighted by molar-refractivity contribution is -0.134. The zero-order valence-corrected chi connectivity index (χ0v) is 15.5. The number of rotatable bonds is 8. The molecule has 1 fully saturated rings. The molecule has 0 aliphatic carbocycles. The highest BCUT2D eigenvalue weighted by Gasteiger charge is 2.47. The molecule has 0 aromatic heterocycles. The van der Waals surface area contributed by atoms with Gasteiger partial charge in [-0.05, 0) is 49.8 Å². The van der Waals surface area contributed by atoms with Gasteiger partial charge in [-0.1, -0.05) is 26.0 Å². The minimum Gasteiger partial charge on any atom is -0.354 e. The molecule has 1 aliphatic rings. The van der Waals surface area contributed by atoms with Gasteiger partial charge in [0.15, 0.2) is 0 Å². The van der Waals surface area contributed by atoms with Crippen molar-refractivity contribution in [2.24, 2.45) is 5.92 Å². The van der Waals surface area contributed by atoms with E-state index in [-0.39, 0.29) is 18.3 Å². The highest BCUT2D eigenvalue weighted by Crippen LogP contribution is 2.24. The summed E-state index contributed by atoms with van der Waals surface area (Å²) in [7, 11) is 0. The summed E-state index contributed by atoms with van der Waals surface area (Å²) in [5.41, 5.74) is -0.0570. The Hall–Kier alpha value is -2.44. The van der Waals surface area contributed by atoms with Crippen LogP contribution in [0.5, 0.6) is 0 Å². The standard InChI is InChI=1S/C19H26FN3O3/c1-13(2)8-10-19(3)17(25)23(18(26)22-19)12-16(24)21-11-9-14-4-6-15(20)7-5-14/h4-7,13H,8-12H2,1-3H3,(H,21,24)(H,22,26)/t19-/m0/s1. The molecule has 7 heteroatoms. The summed E-state index contributed by atoms with van der Waals surface area (Å²) in [5, 5.41) is 5.38. The molecule has 142 valence electrons. The van der Waals surface area contributed by atoms with Crippen molar-refractivity contribution < 1.29 is 18.8 Å². The lowest BCUT2D eigenvalue weighted by Crippen LogP contribution is -2.45. The number of benzene rings is 1. The van der Waals surface area contributed by atoms with E-state index in [1.165, 1.54) is 12.1 Å². The maximum Gasteiger partial charge on any atom is 0.325 e. The summed E-state index contributed by atoms with van der Waals surface area (Å²) < 4.78 is 12.9. The van der Waals surface area contributed by atoms with Crippen LogP contribution in [0.25, 0.3) is 0 Å². The van der Waals surface area contributed by atoms with Crippen LogP contribution in [0.3, 0.4) is 0 Å². The van der Waals surface area contributed by atoms with Crippen molar-refractivity contribution in [2.45, 2.75) is 45.6 Å². The van der Waals surface area contributed by atoms with Crippen molar-refractivity contribution in [2.75, 3.05) is 13.1 Å². The molecule has 0 radical (unpaired) electrons. The zero-order chi connectivity index (χ0) is 19.3. The summed E-state index contributed by atoms with van der Waals surface area (Å²) in [6.07, 6.45) is 1.89. The summed E-state index contributed by atoms with van der Waals surface area (Å²) in [5.74, 6) is -0.655. The molecule has 2 N–H and O–H groups in total. The van der Waals surface area contributed by atoms with E-state index >= 15 is 0 Å². The lowest BCUT2D eigenvalue weighted by Gasteiger charge is -2.22. The normalized spacial score (nSPS) is 19.8. The van der Waals surface area contributed by atoms with Crippen LogP contribution in [0, 0.1) is 11.7 Å². The predicted molar refractivity (Wildman–Crippen MR) is 95.8 cm³/mol. The van der Waals surface area contributed by atoms with Gasteiger partial charge in [0.1, 0.15) is 17.9 Å². The molecular weight excluding hydrogens is 337 g/mol. The lowest BCUT2D eigenvalue weighted by atomic mass is 9.92. The Morgan fingerprint density at radius 1 is 1.27 bits per heavy atom. The summed E-state index contributed by atoms with van der Waals surface area (Å²) in [6.45, 7) is 5.85. The van der Waals surface area contributed by atoms with Gasteiger partial charge in [-0.2, -0.15) is 0 Å². The molecule has 0 bridgehead atoms. The maximum atomic E-state index is 12.9. The molecule has 1 aromatic carbocycles. The van der Waals surface area contributed by atoms with Crippen LogP contribution in [0.15, 0.2) is 24.3 Å². The fraction of sp³-hybridized carbons (Fsp3) is 0.526. The molecule has 1 aliphatic heterocycles. The van der Waals surface area contributed by atoms with Crippen molar-refractivity contribution in [1.29, 1.82) is 0 Å². The minimum absolute atomic E-state index is 0.300. The van der Waals surface area contributed by atoms with Crippen LogP contribution < -0.4 is 10.6 Å². The van der Waals surface area contributed by atoms with E-state index in [0.29, 0.717) is 25.3 Å². The van der Waals surface area contributed by atoms with Gasteiger partial charge in [0, 0.05) is 6.54 Å². The van der Waals surface area contributed by atoms with Crippen LogP contribution in [-0.4, -0.2) is 41.4 Å². The Morgan fingerprint density at radius 3 is 2.54 bits per heavy atom. The maximum absolute atomic E-state index is 12.9. The number of amides is 4. The Bertz CT molecular complexity index is 675. The molecular formula is C19H26FN3O3. The largest absolute Gasteiger partial charge is 0.354 e. The van der Waals surface area contributed by atoms with Gasteiger partial charge in [0.25, 0.3) is 5.91 Å². The highest BCUT2D eigenvalue weighted by molar-refractivity contribution is 6.08. The number of nitrogens with one attached hydrogen (secondary N) is 2. The number of carbonyl (C=O) groups is 3. The Morgan fingerprint density at radius 2 is 1.92 bits per heavy atom. The molecule has 1 heterocycles. The van der Waals surface area contributed by atoms with Crippen LogP contribution in [0.1, 0.15) is 39.2 Å². The van der Waals surface area contributed by atoms with Crippen LogP contribution in [0.4, 0.5) is 9.18 Å². The first-order valence-corrected chi connectivity index (χ1v) is 8.86. The number of hydrogen-bond donors (Lipinski definition) is 2. The Balaban J connectivity index is 1.83. The topological polar surface area (TPSA) is 78.5 Å². The third kappa shape index (κ3) is 5.03. The fourth-order valence-electron chi connectivity index (χ4n) is 2.83. The molecule has 1 saturated heterocycles. The number of urea groups is 1. The molecule has 0 spiro atoms. The van der Waals surface area contributed by atoms with Gasteiger partial charge in [-0.3, -0.25) is 14.5 Å². The average Bonchev–Trinajstić information content (AvgIpc) is 2.79. The SMILES string of the molecule is CC(C)CC[C@]1(C)NC(=O)N(CC(=O)NCCc2ccc(F)cc2)C1=O. The summed E-state index contributed by atoms with van der Waals surface area (Å²) in [4.78, 5) is 37.7. The van der Waals surface area contributed by atoms with E-state index in [9.17, 15) is 18.8 Å². The summed E-state index contributed by atoms with van der Waals surface area (Å²) in [6, 6.07) is 5.50. The van der Waals surface area contributed by atoms with Gasteiger partial charge in [-0.15, -0.1) is 0 Å². The number of imide groups is 1. The highest BCUT2D eigenvalue weighted by atomic mass is 19.1. The van der Waals surface area contributed by atoms with Gasteiger partial charge in [0.05, 0.1) is 0 Å². The molecule has 1 atom stereocenters. The van der Waals surface area contributed by atoms with Crippen molar-refractivity contribution >= 4 is 17.8 Å². The third-order valence-electron chi connectivity index (χ3n) is 4.52. The predicted octanol–water partition coefficient (Wildman–Crippen LogP) is 2.23. The van der Waals surface area contributed by atoms with E-state index in [4.69, 9.17) is 0 Å². The van der Waals surface area contributed by atoms with Crippen molar-refractivity contribution in [3.05, 3.63) is 35.6 Å². The molecule has 4 amide bonds. The van der Waals surface area contributed by atoms with Crippen molar-refractivity contribution in [3.8, 4) is 0 Å². The average molecular weight is 363 g/mol. The quantitative estimate of drug-likeness (QED) is 0.695. The first-order valence-electron chi connectivity index (χ1n) is 8.86. The third-order valence-corrected chi connectivity index (χ3v) is 4.52. The van der Waals surface area contributed by atoms with E-state index < -0.39 is 17.5 Å². The zero-order valence-electron chi connectivity index (χ0n) is 15.5. The molecule has 0 unspecified atom stereocenters. The molecule has 0 saturated carbocycles.